The lowest BCUT2D eigenvalue weighted by atomic mass is 10.2. The second-order valence-electron chi connectivity index (χ2n) is 2.28. The van der Waals surface area contributed by atoms with Crippen molar-refractivity contribution in [2.24, 2.45) is 0 Å². The molecule has 0 bridgehead atoms. The number of nitrogens with zero attached hydrogens (tertiary/aromatic N) is 3. The first-order chi connectivity index (χ1) is 4.97. The fraction of sp³-hybridized carbons (Fsp3) is 0.500. The highest BCUT2D eigenvalue weighted by molar-refractivity contribution is 5.11. The quantitative estimate of drug-likeness (QED) is 0.523. The molecule has 1 aliphatic heterocycles. The van der Waals surface area contributed by atoms with E-state index < -0.39 is 0 Å². The van der Waals surface area contributed by atoms with Crippen LogP contribution in [-0.4, -0.2) is 21.7 Å². The number of rotatable bonds is 0. The van der Waals surface area contributed by atoms with E-state index in [1.165, 1.54) is 6.33 Å². The zero-order valence-corrected chi connectivity index (χ0v) is 5.54. The van der Waals surface area contributed by atoms with Crippen LogP contribution in [0.4, 0.5) is 0 Å². The summed E-state index contributed by atoms with van der Waals surface area (Å²) in [5.41, 5.74) is 2.09. The Morgan fingerprint density at radius 3 is 3.30 bits per heavy atom. The highest BCUT2D eigenvalue weighted by Crippen LogP contribution is 2.04. The van der Waals surface area contributed by atoms with Crippen molar-refractivity contribution in [3.05, 3.63) is 17.7 Å². The normalized spacial score (nSPS) is 16.4. The third-order valence-corrected chi connectivity index (χ3v) is 1.61. The lowest BCUT2D eigenvalue weighted by Gasteiger charge is -2.12. The van der Waals surface area contributed by atoms with Crippen molar-refractivity contribution in [1.82, 2.24) is 20.5 Å². The molecular weight excluding hydrogens is 128 g/mol. The summed E-state index contributed by atoms with van der Waals surface area (Å²) < 4.78 is 0. The Balaban J connectivity index is 2.41. The van der Waals surface area contributed by atoms with Crippen LogP contribution in [0.5, 0.6) is 0 Å². The molecule has 0 aromatic carbocycles. The summed E-state index contributed by atoms with van der Waals surface area (Å²) in [7, 11) is 0. The minimum Gasteiger partial charge on any atom is -0.311 e. The fourth-order valence-electron chi connectivity index (χ4n) is 1.08. The van der Waals surface area contributed by atoms with Crippen LogP contribution in [0.25, 0.3) is 0 Å². The number of hydrogen-bond donors (Lipinski definition) is 1. The third-order valence-electron chi connectivity index (χ3n) is 1.61. The SMILES string of the molecule is c1nnc2c(n1)CNCC2. The van der Waals surface area contributed by atoms with Crippen LogP contribution in [-0.2, 0) is 13.0 Å². The van der Waals surface area contributed by atoms with Gasteiger partial charge < -0.3 is 5.32 Å². The molecule has 2 rings (SSSR count). The molecule has 1 aromatic heterocycles. The van der Waals surface area contributed by atoms with Gasteiger partial charge in [0.15, 0.2) is 0 Å². The minimum atomic E-state index is 0.838. The molecule has 0 atom stereocenters. The molecule has 0 saturated carbocycles. The van der Waals surface area contributed by atoms with Gasteiger partial charge in [-0.1, -0.05) is 0 Å². The predicted molar refractivity (Wildman–Crippen MR) is 35.2 cm³/mol. The van der Waals surface area contributed by atoms with E-state index in [2.05, 4.69) is 20.5 Å². The Morgan fingerprint density at radius 2 is 2.40 bits per heavy atom. The molecule has 0 radical (unpaired) electrons. The maximum Gasteiger partial charge on any atom is 0.138 e. The van der Waals surface area contributed by atoms with Gasteiger partial charge in [-0.15, -0.1) is 5.10 Å². The monoisotopic (exact) mass is 136 g/mol. The smallest absolute Gasteiger partial charge is 0.138 e. The van der Waals surface area contributed by atoms with E-state index in [0.29, 0.717) is 0 Å². The van der Waals surface area contributed by atoms with Gasteiger partial charge in [-0.05, 0) is 0 Å². The summed E-state index contributed by atoms with van der Waals surface area (Å²) in [6.45, 7) is 1.83. The Bertz CT molecular complexity index is 210. The van der Waals surface area contributed by atoms with Crippen molar-refractivity contribution < 1.29 is 0 Å². The highest BCUT2D eigenvalue weighted by atomic mass is 15.1. The average Bonchev–Trinajstić information content (AvgIpc) is 2.05. The number of aromatic nitrogens is 3. The van der Waals surface area contributed by atoms with E-state index in [9.17, 15) is 0 Å². The van der Waals surface area contributed by atoms with E-state index in [-0.39, 0.29) is 0 Å². The molecule has 0 spiro atoms. The van der Waals surface area contributed by atoms with Crippen molar-refractivity contribution in [2.75, 3.05) is 6.54 Å². The van der Waals surface area contributed by atoms with E-state index in [4.69, 9.17) is 0 Å². The summed E-state index contributed by atoms with van der Waals surface area (Å²) in [6, 6.07) is 0. The molecule has 0 aliphatic carbocycles. The second-order valence-corrected chi connectivity index (χ2v) is 2.28. The molecule has 2 heterocycles. The minimum absolute atomic E-state index is 0.838. The molecule has 0 fully saturated rings. The molecule has 1 aromatic rings. The van der Waals surface area contributed by atoms with Gasteiger partial charge in [-0.25, -0.2) is 4.98 Å². The van der Waals surface area contributed by atoms with Crippen LogP contribution in [0.15, 0.2) is 6.33 Å². The summed E-state index contributed by atoms with van der Waals surface area (Å²) in [4.78, 5) is 4.08. The molecule has 1 N–H and O–H groups in total. The van der Waals surface area contributed by atoms with Gasteiger partial charge in [0.1, 0.15) is 6.33 Å². The largest absolute Gasteiger partial charge is 0.311 e. The molecule has 0 unspecified atom stereocenters. The third kappa shape index (κ3) is 0.863. The van der Waals surface area contributed by atoms with Crippen molar-refractivity contribution in [3.8, 4) is 0 Å². The maximum absolute atomic E-state index is 4.08. The van der Waals surface area contributed by atoms with Gasteiger partial charge in [0.25, 0.3) is 0 Å². The first-order valence-corrected chi connectivity index (χ1v) is 3.33. The molecule has 4 nitrogen and oxygen atoms in total. The van der Waals surface area contributed by atoms with E-state index in [1.54, 1.807) is 0 Å². The van der Waals surface area contributed by atoms with E-state index >= 15 is 0 Å². The topological polar surface area (TPSA) is 50.7 Å². The fourth-order valence-corrected chi connectivity index (χ4v) is 1.08. The van der Waals surface area contributed by atoms with Crippen molar-refractivity contribution >= 4 is 0 Å². The Kier molecular flexibility index (Phi) is 1.32. The molecule has 1 aliphatic rings. The first kappa shape index (κ1) is 5.73. The summed E-state index contributed by atoms with van der Waals surface area (Å²) in [6.07, 6.45) is 2.45. The maximum atomic E-state index is 4.08. The van der Waals surface area contributed by atoms with Gasteiger partial charge in [0.05, 0.1) is 11.4 Å². The predicted octanol–water partition coefficient (Wildman–Crippen LogP) is -0.483. The van der Waals surface area contributed by atoms with Crippen molar-refractivity contribution in [2.45, 2.75) is 13.0 Å². The van der Waals surface area contributed by atoms with Crippen LogP contribution in [0.3, 0.4) is 0 Å². The second kappa shape index (κ2) is 2.30. The molecule has 0 saturated heterocycles. The number of hydrogen-bond acceptors (Lipinski definition) is 4. The Morgan fingerprint density at radius 1 is 1.40 bits per heavy atom. The summed E-state index contributed by atoms with van der Waals surface area (Å²) in [5.74, 6) is 0. The van der Waals surface area contributed by atoms with Crippen LogP contribution < -0.4 is 5.32 Å². The average molecular weight is 136 g/mol. The standard InChI is InChI=1S/C6H8N4/c1-2-7-3-6-5(1)10-9-4-8-6/h4,7H,1-3H2. The Labute approximate surface area is 58.7 Å². The Hall–Kier alpha value is -1.03. The molecule has 10 heavy (non-hydrogen) atoms. The van der Waals surface area contributed by atoms with Crippen LogP contribution in [0.2, 0.25) is 0 Å². The van der Waals surface area contributed by atoms with Gasteiger partial charge in [-0.3, -0.25) is 0 Å². The van der Waals surface area contributed by atoms with Gasteiger partial charge in [0, 0.05) is 19.5 Å². The number of fused-ring (bicyclic) bond motifs is 1. The summed E-state index contributed by atoms with van der Waals surface area (Å²) in [5, 5.41) is 10.9. The highest BCUT2D eigenvalue weighted by Gasteiger charge is 2.09. The lowest BCUT2D eigenvalue weighted by molar-refractivity contribution is 0.600. The van der Waals surface area contributed by atoms with Crippen molar-refractivity contribution in [3.63, 3.8) is 0 Å². The molecule has 52 valence electrons. The zero-order chi connectivity index (χ0) is 6.81. The zero-order valence-electron chi connectivity index (χ0n) is 5.54. The molecular formula is C6H8N4. The van der Waals surface area contributed by atoms with Crippen LogP contribution >= 0.6 is 0 Å². The van der Waals surface area contributed by atoms with Crippen molar-refractivity contribution in [1.29, 1.82) is 0 Å². The molecule has 4 heteroatoms. The van der Waals surface area contributed by atoms with Gasteiger partial charge in [0.2, 0.25) is 0 Å². The van der Waals surface area contributed by atoms with Gasteiger partial charge >= 0.3 is 0 Å². The number of nitrogens with one attached hydrogen (secondary N) is 1. The summed E-state index contributed by atoms with van der Waals surface area (Å²) >= 11 is 0. The van der Waals surface area contributed by atoms with Gasteiger partial charge in [-0.2, -0.15) is 5.10 Å². The van der Waals surface area contributed by atoms with E-state index in [1.807, 2.05) is 0 Å². The first-order valence-electron chi connectivity index (χ1n) is 3.33. The van der Waals surface area contributed by atoms with E-state index in [0.717, 1.165) is 30.9 Å². The van der Waals surface area contributed by atoms with Crippen LogP contribution in [0.1, 0.15) is 11.4 Å². The van der Waals surface area contributed by atoms with Crippen LogP contribution in [0, 0.1) is 0 Å². The molecule has 0 amide bonds. The lowest BCUT2D eigenvalue weighted by Crippen LogP contribution is -2.25.